The van der Waals surface area contributed by atoms with Crippen molar-refractivity contribution in [2.24, 2.45) is 0 Å². The first-order valence-electron chi connectivity index (χ1n) is 8.27. The Kier molecular flexibility index (Phi) is 4.28. The second-order valence-corrected chi connectivity index (χ2v) is 6.81. The maximum atomic E-state index is 12.7. The molecule has 0 amide bonds. The number of ketones is 1. The molecule has 0 spiro atoms. The third kappa shape index (κ3) is 3.13. The minimum atomic E-state index is -0.776. The number of hydrogen-bond acceptors (Lipinski definition) is 6. The number of ether oxygens (including phenoxy) is 4. The first-order chi connectivity index (χ1) is 12.9. The zero-order valence-electron chi connectivity index (χ0n) is 14.6. The Morgan fingerprint density at radius 2 is 2.00 bits per heavy atom. The fourth-order valence-corrected chi connectivity index (χ4v) is 2.87. The molecule has 0 aromatic heterocycles. The Morgan fingerprint density at radius 1 is 1.22 bits per heavy atom. The summed E-state index contributed by atoms with van der Waals surface area (Å²) in [7, 11) is 0. The van der Waals surface area contributed by atoms with Crippen LogP contribution < -0.4 is 18.9 Å². The molecule has 7 heteroatoms. The van der Waals surface area contributed by atoms with E-state index in [0.717, 1.165) is 5.56 Å². The largest absolute Gasteiger partial charge is 0.454 e. The number of fused-ring (bicyclic) bond motifs is 2. The lowest BCUT2D eigenvalue weighted by molar-refractivity contribution is -0.133. The number of carbonyl (C=O) groups excluding carboxylic acids is 2. The van der Waals surface area contributed by atoms with Gasteiger partial charge in [0.05, 0.1) is 5.56 Å². The van der Waals surface area contributed by atoms with Gasteiger partial charge < -0.3 is 18.9 Å². The molecule has 27 heavy (non-hydrogen) atoms. The summed E-state index contributed by atoms with van der Waals surface area (Å²) in [5.41, 5.74) is 1.72. The van der Waals surface area contributed by atoms with Crippen LogP contribution in [0.4, 0.5) is 0 Å². The molecule has 2 heterocycles. The van der Waals surface area contributed by atoms with Gasteiger partial charge in [-0.25, -0.2) is 0 Å². The lowest BCUT2D eigenvalue weighted by Gasteiger charge is -2.10. The Bertz CT molecular complexity index is 992. The van der Waals surface area contributed by atoms with Crippen molar-refractivity contribution >= 4 is 29.4 Å². The van der Waals surface area contributed by atoms with Gasteiger partial charge in [0.2, 0.25) is 12.6 Å². The van der Waals surface area contributed by atoms with Crippen molar-refractivity contribution in [3.05, 3.63) is 52.8 Å². The second-order valence-electron chi connectivity index (χ2n) is 6.15. The van der Waals surface area contributed by atoms with Gasteiger partial charge >= 0.3 is 5.97 Å². The summed E-state index contributed by atoms with van der Waals surface area (Å²) in [4.78, 5) is 24.4. The molecule has 2 aliphatic heterocycles. The van der Waals surface area contributed by atoms with E-state index < -0.39 is 11.3 Å². The molecule has 4 rings (SSSR count). The minimum absolute atomic E-state index is 0.178. The van der Waals surface area contributed by atoms with E-state index in [1.807, 2.05) is 6.07 Å². The molecule has 2 aromatic carbocycles. The van der Waals surface area contributed by atoms with Crippen LogP contribution in [0.1, 0.15) is 28.4 Å². The molecule has 0 fully saturated rings. The number of alkyl halides is 1. The summed E-state index contributed by atoms with van der Waals surface area (Å²) in [6.07, 6.45) is 1.64. The quantitative estimate of drug-likeness (QED) is 0.345. The van der Waals surface area contributed by atoms with Crippen LogP contribution in [0.2, 0.25) is 0 Å². The minimum Gasteiger partial charge on any atom is -0.454 e. The summed E-state index contributed by atoms with van der Waals surface area (Å²) in [5.74, 6) is 1.33. The Hall–Kier alpha value is -2.99. The average molecular weight is 387 g/mol. The topological polar surface area (TPSA) is 71.1 Å². The van der Waals surface area contributed by atoms with Crippen molar-refractivity contribution in [2.75, 3.05) is 6.79 Å². The smallest absolute Gasteiger partial charge is 0.329 e. The van der Waals surface area contributed by atoms with E-state index in [2.05, 4.69) is 0 Å². The normalized spacial score (nSPS) is 16.9. The third-order valence-electron chi connectivity index (χ3n) is 4.27. The van der Waals surface area contributed by atoms with Crippen LogP contribution in [-0.2, 0) is 4.79 Å². The molecule has 2 aliphatic rings. The molecular formula is C20H15ClO6. The van der Waals surface area contributed by atoms with Crippen molar-refractivity contribution in [1.29, 1.82) is 0 Å². The first-order valence-corrected chi connectivity index (χ1v) is 8.71. The van der Waals surface area contributed by atoms with Gasteiger partial charge in [-0.3, -0.25) is 9.59 Å². The maximum absolute atomic E-state index is 12.7. The molecule has 0 N–H and O–H groups in total. The zero-order chi connectivity index (χ0) is 19.1. The molecule has 138 valence electrons. The molecule has 0 saturated heterocycles. The summed E-state index contributed by atoms with van der Waals surface area (Å²) in [6.45, 7) is 3.42. The third-order valence-corrected chi connectivity index (χ3v) is 4.44. The number of carbonyl (C=O) groups is 2. The van der Waals surface area contributed by atoms with Gasteiger partial charge in [-0.15, -0.1) is 11.6 Å². The van der Waals surface area contributed by atoms with Crippen LogP contribution in [-0.4, -0.2) is 23.9 Å². The first kappa shape index (κ1) is 17.4. The van der Waals surface area contributed by atoms with Gasteiger partial charge in [-0.1, -0.05) is 6.07 Å². The summed E-state index contributed by atoms with van der Waals surface area (Å²) >= 11 is 5.74. The molecule has 0 radical (unpaired) electrons. The summed E-state index contributed by atoms with van der Waals surface area (Å²) in [5, 5.41) is -0.776. The predicted molar refractivity (Wildman–Crippen MR) is 97.6 cm³/mol. The highest BCUT2D eigenvalue weighted by atomic mass is 35.5. The molecule has 0 saturated carbocycles. The lowest BCUT2D eigenvalue weighted by atomic mass is 10.1. The Balaban J connectivity index is 1.64. The maximum Gasteiger partial charge on any atom is 0.329 e. The molecule has 2 aromatic rings. The molecule has 1 unspecified atom stereocenters. The van der Waals surface area contributed by atoms with Crippen LogP contribution in [0, 0.1) is 6.92 Å². The Morgan fingerprint density at radius 3 is 2.78 bits per heavy atom. The number of allylic oxidation sites excluding steroid dienone is 1. The molecule has 1 atom stereocenters. The monoisotopic (exact) mass is 386 g/mol. The summed E-state index contributed by atoms with van der Waals surface area (Å²) in [6, 6.07) is 8.50. The highest BCUT2D eigenvalue weighted by Gasteiger charge is 2.31. The second kappa shape index (κ2) is 6.63. The van der Waals surface area contributed by atoms with Gasteiger partial charge in [0, 0.05) is 5.56 Å². The van der Waals surface area contributed by atoms with Crippen molar-refractivity contribution < 1.29 is 28.5 Å². The standard InChI is InChI=1S/C20H15ClO6/c1-10-14(27-20(23)11(2)21)6-4-13-18(22)17(26-19(10)13)8-12-3-5-15-16(7-12)25-9-24-15/h3-8,11H,9H2,1-2H3/b17-8-. The van der Waals surface area contributed by atoms with Crippen LogP contribution in [0.3, 0.4) is 0 Å². The molecule has 6 nitrogen and oxygen atoms in total. The molecule has 0 bridgehead atoms. The van der Waals surface area contributed by atoms with Gasteiger partial charge in [0.25, 0.3) is 0 Å². The van der Waals surface area contributed by atoms with Crippen LogP contribution in [0.5, 0.6) is 23.0 Å². The van der Waals surface area contributed by atoms with Crippen molar-refractivity contribution in [2.45, 2.75) is 19.2 Å². The fourth-order valence-electron chi connectivity index (χ4n) is 2.82. The van der Waals surface area contributed by atoms with Crippen molar-refractivity contribution in [3.63, 3.8) is 0 Å². The molecule has 0 aliphatic carbocycles. The number of halogens is 1. The van der Waals surface area contributed by atoms with Crippen LogP contribution in [0.15, 0.2) is 36.1 Å². The van der Waals surface area contributed by atoms with Gasteiger partial charge in [0.1, 0.15) is 16.9 Å². The number of esters is 1. The lowest BCUT2D eigenvalue weighted by Crippen LogP contribution is -2.18. The highest BCUT2D eigenvalue weighted by molar-refractivity contribution is 6.29. The highest BCUT2D eigenvalue weighted by Crippen LogP contribution is 2.40. The number of rotatable bonds is 3. The zero-order valence-corrected chi connectivity index (χ0v) is 15.3. The van der Waals surface area contributed by atoms with E-state index in [-0.39, 0.29) is 18.3 Å². The van der Waals surface area contributed by atoms with E-state index >= 15 is 0 Å². The average Bonchev–Trinajstić information content (AvgIpc) is 3.22. The number of Topliss-reactive ketones (excluding diaryl/α,β-unsaturated/α-hetero) is 1. The molecular weight excluding hydrogens is 372 g/mol. The summed E-state index contributed by atoms with van der Waals surface area (Å²) < 4.78 is 21.7. The van der Waals surface area contributed by atoms with E-state index in [9.17, 15) is 9.59 Å². The van der Waals surface area contributed by atoms with Crippen molar-refractivity contribution in [1.82, 2.24) is 0 Å². The fraction of sp³-hybridized carbons (Fsp3) is 0.200. The van der Waals surface area contributed by atoms with Gasteiger partial charge in [0.15, 0.2) is 17.3 Å². The van der Waals surface area contributed by atoms with Crippen LogP contribution in [0.25, 0.3) is 6.08 Å². The van der Waals surface area contributed by atoms with Crippen molar-refractivity contribution in [3.8, 4) is 23.0 Å². The van der Waals surface area contributed by atoms with Gasteiger partial charge in [-0.05, 0) is 49.8 Å². The number of benzene rings is 2. The number of hydrogen-bond donors (Lipinski definition) is 0. The van der Waals surface area contributed by atoms with E-state index in [1.165, 1.54) is 6.92 Å². The van der Waals surface area contributed by atoms with E-state index in [1.54, 1.807) is 37.3 Å². The van der Waals surface area contributed by atoms with E-state index in [0.29, 0.717) is 34.1 Å². The Labute approximate surface area is 160 Å². The van der Waals surface area contributed by atoms with Crippen LogP contribution >= 0.6 is 11.6 Å². The van der Waals surface area contributed by atoms with E-state index in [4.69, 9.17) is 30.5 Å². The predicted octanol–water partition coefficient (Wildman–Crippen LogP) is 3.87. The SMILES string of the molecule is Cc1c(OC(=O)C(C)Cl)ccc2c1O/C(=C\c1ccc3c(c1)OCO3)C2=O. The van der Waals surface area contributed by atoms with Gasteiger partial charge in [-0.2, -0.15) is 0 Å².